The maximum absolute atomic E-state index is 14.3. The van der Waals surface area contributed by atoms with Gasteiger partial charge in [-0.15, -0.1) is 11.8 Å². The number of amides is 3. The Kier molecular flexibility index (Phi) is 14.6. The van der Waals surface area contributed by atoms with E-state index in [0.29, 0.717) is 51.7 Å². The lowest BCUT2D eigenvalue weighted by molar-refractivity contribution is -0.153. The smallest absolute Gasteiger partial charge is 0.326 e. The second kappa shape index (κ2) is 20.0. The molecule has 0 saturated carbocycles. The molecule has 3 saturated heterocycles. The molecular weight excluding hydrogens is 697 g/mol. The van der Waals surface area contributed by atoms with Crippen molar-refractivity contribution in [2.45, 2.75) is 107 Å². The predicted octanol–water partition coefficient (Wildman–Crippen LogP) is 6.46. The predicted molar refractivity (Wildman–Crippen MR) is 214 cm³/mol. The third-order valence-electron chi connectivity index (χ3n) is 11.3. The number of hydrogen-bond donors (Lipinski definition) is 3. The van der Waals surface area contributed by atoms with Crippen LogP contribution in [0.15, 0.2) is 91.0 Å². The average Bonchev–Trinajstić information content (AvgIpc) is 3.35. The number of rotatable bonds is 15. The first kappa shape index (κ1) is 39.5. The Labute approximate surface area is 324 Å². The number of nitrogens with zero attached hydrogens (tertiary/aromatic N) is 2. The van der Waals surface area contributed by atoms with Gasteiger partial charge in [0.1, 0.15) is 12.1 Å². The first-order valence-corrected chi connectivity index (χ1v) is 21.0. The number of carbonyl (C=O) groups excluding carboxylic acids is 3. The van der Waals surface area contributed by atoms with Crippen molar-refractivity contribution in [1.82, 2.24) is 20.4 Å². The Morgan fingerprint density at radius 1 is 0.722 bits per heavy atom. The molecule has 3 N–H and O–H groups in total. The Hall–Kier alpha value is -4.15. The molecule has 0 aromatic heterocycles. The molecule has 0 spiro atoms. The Morgan fingerprint density at radius 2 is 1.39 bits per heavy atom. The summed E-state index contributed by atoms with van der Waals surface area (Å²) in [5.74, 6) is -0.556. The fourth-order valence-corrected chi connectivity index (χ4v) is 9.73. The monoisotopic (exact) mass is 752 g/mol. The van der Waals surface area contributed by atoms with Crippen LogP contribution in [0.5, 0.6) is 0 Å². The maximum Gasteiger partial charge on any atom is 0.326 e. The number of aliphatic carboxylic acids is 1. The number of piperidine rings is 1. The van der Waals surface area contributed by atoms with Gasteiger partial charge in [-0.2, -0.15) is 0 Å². The van der Waals surface area contributed by atoms with Crippen molar-refractivity contribution in [1.29, 1.82) is 0 Å². The number of carboxylic acids is 1. The van der Waals surface area contributed by atoms with E-state index in [1.54, 1.807) is 16.7 Å². The minimum Gasteiger partial charge on any atom is -0.480 e. The number of fused-ring (bicyclic) bond motifs is 1. The number of thioether (sulfide) groups is 1. The van der Waals surface area contributed by atoms with E-state index in [9.17, 15) is 24.3 Å². The fourth-order valence-electron chi connectivity index (χ4n) is 8.34. The third-order valence-corrected chi connectivity index (χ3v) is 12.7. The highest BCUT2D eigenvalue weighted by atomic mass is 32.2. The van der Waals surface area contributed by atoms with Gasteiger partial charge in [-0.25, -0.2) is 4.79 Å². The first-order valence-electron chi connectivity index (χ1n) is 20.0. The van der Waals surface area contributed by atoms with Crippen LogP contribution in [-0.2, 0) is 38.6 Å². The highest BCUT2D eigenvalue weighted by molar-refractivity contribution is 7.99. The van der Waals surface area contributed by atoms with Gasteiger partial charge in [0.25, 0.3) is 0 Å². The number of likely N-dealkylation sites (tertiary alicyclic amines) is 1. The summed E-state index contributed by atoms with van der Waals surface area (Å²) in [6, 6.07) is 28.6. The van der Waals surface area contributed by atoms with E-state index < -0.39 is 24.1 Å². The lowest BCUT2D eigenvalue weighted by Gasteiger charge is -2.39. The standard InChI is InChI=1S/C44H56N4O5S/c49-41(46-38-20-11-4-12-26-47(42(38)50)31-34-18-9-3-10-19-34)36(29-33-16-7-2-8-17-33)24-23-35(28-32-14-5-1-6-15-32)30-45-37-25-27-54-40-22-13-21-39(44(52)53)48(40)43(37)51/h1-3,5-10,14-19,35-40,45H,4,11-13,20-31H2,(H,46,49)(H,52,53)/t35-,36-,37?,38+,39?,40?/m1/s1. The highest BCUT2D eigenvalue weighted by Crippen LogP contribution is 2.34. The van der Waals surface area contributed by atoms with Crippen molar-refractivity contribution in [3.8, 4) is 0 Å². The molecule has 0 bridgehead atoms. The molecule has 3 amide bonds. The summed E-state index contributed by atoms with van der Waals surface area (Å²) >= 11 is 1.70. The number of hydrogen-bond acceptors (Lipinski definition) is 6. The second-order valence-corrected chi connectivity index (χ2v) is 16.6. The topological polar surface area (TPSA) is 119 Å². The molecule has 54 heavy (non-hydrogen) atoms. The minimum absolute atomic E-state index is 0.0103. The molecule has 3 heterocycles. The van der Waals surface area contributed by atoms with E-state index in [2.05, 4.69) is 34.9 Å². The van der Waals surface area contributed by atoms with Gasteiger partial charge < -0.3 is 25.5 Å². The van der Waals surface area contributed by atoms with Crippen LogP contribution in [0.1, 0.15) is 80.9 Å². The minimum atomic E-state index is -0.927. The van der Waals surface area contributed by atoms with Crippen LogP contribution in [-0.4, -0.2) is 80.9 Å². The normalized spacial score (nSPS) is 23.3. The number of nitrogens with one attached hydrogen (secondary N) is 2. The average molecular weight is 753 g/mol. The summed E-state index contributed by atoms with van der Waals surface area (Å²) in [6.45, 7) is 1.78. The van der Waals surface area contributed by atoms with Crippen LogP contribution in [0.25, 0.3) is 0 Å². The van der Waals surface area contributed by atoms with Crippen LogP contribution >= 0.6 is 11.8 Å². The second-order valence-electron chi connectivity index (χ2n) is 15.3. The third kappa shape index (κ3) is 11.0. The Balaban J connectivity index is 1.16. The molecule has 0 aliphatic carbocycles. The van der Waals surface area contributed by atoms with Crippen molar-refractivity contribution in [2.75, 3.05) is 18.8 Å². The molecule has 6 rings (SSSR count). The molecule has 0 radical (unpaired) electrons. The maximum atomic E-state index is 14.3. The molecule has 6 atom stereocenters. The van der Waals surface area contributed by atoms with Gasteiger partial charge in [-0.1, -0.05) is 104 Å². The number of benzene rings is 3. The summed E-state index contributed by atoms with van der Waals surface area (Å²) in [4.78, 5) is 57.9. The molecule has 10 heteroatoms. The summed E-state index contributed by atoms with van der Waals surface area (Å²) in [5.41, 5.74) is 3.35. The fraction of sp³-hybridized carbons (Fsp3) is 0.500. The Bertz CT molecular complexity index is 1660. The molecular formula is C44H56N4O5S. The SMILES string of the molecule is O=C(O)C1CCCC2SCCC(NC[C@H](CC[C@H](Cc3ccccc3)C(=O)N[C@H]3CCCCCN(Cc4ccccc4)C3=O)Cc3ccccc3)C(=O)N21. The highest BCUT2D eigenvalue weighted by Gasteiger charge is 2.42. The van der Waals surface area contributed by atoms with E-state index in [0.717, 1.165) is 61.8 Å². The zero-order valence-electron chi connectivity index (χ0n) is 31.3. The van der Waals surface area contributed by atoms with Gasteiger partial charge in [-0.05, 0) is 99.1 Å². The van der Waals surface area contributed by atoms with E-state index in [4.69, 9.17) is 0 Å². The van der Waals surface area contributed by atoms with Gasteiger partial charge in [0, 0.05) is 19.0 Å². The lowest BCUT2D eigenvalue weighted by atomic mass is 9.87. The molecule has 3 unspecified atom stereocenters. The zero-order valence-corrected chi connectivity index (χ0v) is 32.1. The molecule has 3 aromatic rings. The number of carboxylic acid groups (broad SMARTS) is 1. The quantitative estimate of drug-likeness (QED) is 0.163. The van der Waals surface area contributed by atoms with E-state index in [1.165, 1.54) is 5.56 Å². The van der Waals surface area contributed by atoms with Gasteiger partial charge >= 0.3 is 5.97 Å². The van der Waals surface area contributed by atoms with Crippen LogP contribution in [0.2, 0.25) is 0 Å². The largest absolute Gasteiger partial charge is 0.480 e. The summed E-state index contributed by atoms with van der Waals surface area (Å²) in [7, 11) is 0. The van der Waals surface area contributed by atoms with Crippen molar-refractivity contribution in [2.24, 2.45) is 11.8 Å². The first-order chi connectivity index (χ1) is 26.4. The van der Waals surface area contributed by atoms with Gasteiger partial charge in [-0.3, -0.25) is 14.4 Å². The Morgan fingerprint density at radius 3 is 2.07 bits per heavy atom. The van der Waals surface area contributed by atoms with Gasteiger partial charge in [0.15, 0.2) is 0 Å². The summed E-state index contributed by atoms with van der Waals surface area (Å²) in [5, 5.41) is 16.7. The van der Waals surface area contributed by atoms with Crippen molar-refractivity contribution in [3.05, 3.63) is 108 Å². The van der Waals surface area contributed by atoms with Crippen LogP contribution in [0.4, 0.5) is 0 Å². The van der Waals surface area contributed by atoms with Crippen molar-refractivity contribution < 1.29 is 24.3 Å². The van der Waals surface area contributed by atoms with E-state index in [1.807, 2.05) is 71.6 Å². The van der Waals surface area contributed by atoms with E-state index >= 15 is 0 Å². The van der Waals surface area contributed by atoms with Crippen molar-refractivity contribution >= 4 is 35.5 Å². The van der Waals surface area contributed by atoms with Gasteiger partial charge in [0.2, 0.25) is 17.7 Å². The van der Waals surface area contributed by atoms with E-state index in [-0.39, 0.29) is 34.9 Å². The molecule has 3 aliphatic rings. The summed E-state index contributed by atoms with van der Waals surface area (Å²) in [6.07, 6.45) is 8.99. The van der Waals surface area contributed by atoms with Crippen LogP contribution in [0, 0.1) is 11.8 Å². The molecule has 3 fully saturated rings. The molecule has 9 nitrogen and oxygen atoms in total. The summed E-state index contributed by atoms with van der Waals surface area (Å²) < 4.78 is 0. The molecule has 288 valence electrons. The number of carbonyl (C=O) groups is 4. The van der Waals surface area contributed by atoms with Gasteiger partial charge in [0.05, 0.1) is 11.4 Å². The zero-order chi connectivity index (χ0) is 37.7. The lowest BCUT2D eigenvalue weighted by Crippen LogP contribution is -2.56. The molecule has 3 aliphatic heterocycles. The molecule has 3 aromatic carbocycles. The van der Waals surface area contributed by atoms with Crippen LogP contribution < -0.4 is 10.6 Å². The van der Waals surface area contributed by atoms with Crippen molar-refractivity contribution in [3.63, 3.8) is 0 Å². The van der Waals surface area contributed by atoms with Crippen LogP contribution in [0.3, 0.4) is 0 Å².